The molecular weight excluding hydrogens is 416 g/mol. The molecule has 0 spiro atoms. The van der Waals surface area contributed by atoms with Crippen molar-refractivity contribution in [3.63, 3.8) is 0 Å². The lowest BCUT2D eigenvalue weighted by Gasteiger charge is -2.19. The largest absolute Gasteiger partial charge is 0.353 e. The van der Waals surface area contributed by atoms with E-state index in [0.29, 0.717) is 18.3 Å². The van der Waals surface area contributed by atoms with Crippen molar-refractivity contribution in [3.8, 4) is 11.4 Å². The monoisotopic (exact) mass is 448 g/mol. The van der Waals surface area contributed by atoms with Gasteiger partial charge in [0.25, 0.3) is 0 Å². The maximum Gasteiger partial charge on any atom is 0.230 e. The van der Waals surface area contributed by atoms with Gasteiger partial charge in [-0.05, 0) is 29.4 Å². The fraction of sp³-hybridized carbons (Fsp3) is 0.423. The van der Waals surface area contributed by atoms with Crippen LogP contribution in [-0.2, 0) is 16.8 Å². The fourth-order valence-corrected chi connectivity index (χ4v) is 4.86. The van der Waals surface area contributed by atoms with Crippen molar-refractivity contribution in [1.29, 1.82) is 0 Å². The summed E-state index contributed by atoms with van der Waals surface area (Å²) in [5, 5.41) is 12.9. The van der Waals surface area contributed by atoms with Crippen molar-refractivity contribution >= 4 is 17.7 Å². The summed E-state index contributed by atoms with van der Waals surface area (Å²) < 4.78 is 2.12. The SMILES string of the molecule is CC(C)(C)c1ccc(-c2nnc(SCC(=O)NC3CCCC3)n2Cc2ccccc2)cc1. The van der Waals surface area contributed by atoms with E-state index in [0.717, 1.165) is 29.4 Å². The summed E-state index contributed by atoms with van der Waals surface area (Å²) in [5.74, 6) is 1.26. The van der Waals surface area contributed by atoms with Crippen LogP contribution in [0.3, 0.4) is 0 Å². The number of rotatable bonds is 7. The van der Waals surface area contributed by atoms with Crippen LogP contribution in [0.5, 0.6) is 0 Å². The molecule has 0 atom stereocenters. The Morgan fingerprint density at radius 2 is 1.72 bits per heavy atom. The zero-order chi connectivity index (χ0) is 22.6. The molecule has 0 bridgehead atoms. The van der Waals surface area contributed by atoms with E-state index in [1.54, 1.807) is 0 Å². The zero-order valence-electron chi connectivity index (χ0n) is 19.2. The van der Waals surface area contributed by atoms with Crippen molar-refractivity contribution < 1.29 is 4.79 Å². The van der Waals surface area contributed by atoms with Crippen molar-refractivity contribution in [1.82, 2.24) is 20.1 Å². The smallest absolute Gasteiger partial charge is 0.230 e. The van der Waals surface area contributed by atoms with E-state index >= 15 is 0 Å². The molecule has 0 saturated heterocycles. The summed E-state index contributed by atoms with van der Waals surface area (Å²) >= 11 is 1.46. The average molecular weight is 449 g/mol. The van der Waals surface area contributed by atoms with Gasteiger partial charge in [0.2, 0.25) is 5.91 Å². The standard InChI is InChI=1S/C26H32N4OS/c1-26(2,3)21-15-13-20(14-16-21)24-28-29-25(30(24)17-19-9-5-4-6-10-19)32-18-23(31)27-22-11-7-8-12-22/h4-6,9-10,13-16,22H,7-8,11-12,17-18H2,1-3H3,(H,27,31). The first-order valence-electron chi connectivity index (χ1n) is 11.4. The van der Waals surface area contributed by atoms with Crippen LogP contribution in [0.4, 0.5) is 0 Å². The first-order chi connectivity index (χ1) is 15.4. The van der Waals surface area contributed by atoms with Crippen molar-refractivity contribution in [3.05, 3.63) is 65.7 Å². The molecule has 0 unspecified atom stereocenters. The normalized spacial score (nSPS) is 14.6. The highest BCUT2D eigenvalue weighted by molar-refractivity contribution is 7.99. The van der Waals surface area contributed by atoms with E-state index < -0.39 is 0 Å². The van der Waals surface area contributed by atoms with Gasteiger partial charge in [-0.1, -0.05) is 100.0 Å². The topological polar surface area (TPSA) is 59.8 Å². The van der Waals surface area contributed by atoms with Gasteiger partial charge in [-0.3, -0.25) is 9.36 Å². The van der Waals surface area contributed by atoms with Crippen LogP contribution in [0.15, 0.2) is 59.8 Å². The quantitative estimate of drug-likeness (QED) is 0.489. The Bertz CT molecular complexity index is 1030. The molecule has 1 heterocycles. The lowest BCUT2D eigenvalue weighted by molar-refractivity contribution is -0.119. The van der Waals surface area contributed by atoms with Crippen LogP contribution in [0.2, 0.25) is 0 Å². The maximum atomic E-state index is 12.5. The van der Waals surface area contributed by atoms with Crippen LogP contribution >= 0.6 is 11.8 Å². The van der Waals surface area contributed by atoms with Crippen molar-refractivity contribution in [2.24, 2.45) is 0 Å². The van der Waals surface area contributed by atoms with Gasteiger partial charge in [0.1, 0.15) is 0 Å². The molecule has 4 rings (SSSR count). The number of carbonyl (C=O) groups is 1. The molecule has 5 nitrogen and oxygen atoms in total. The van der Waals surface area contributed by atoms with Gasteiger partial charge < -0.3 is 5.32 Å². The van der Waals surface area contributed by atoms with Crippen molar-refractivity contribution in [2.75, 3.05) is 5.75 Å². The first kappa shape index (κ1) is 22.6. The molecule has 1 aliphatic rings. The highest BCUT2D eigenvalue weighted by Crippen LogP contribution is 2.28. The van der Waals surface area contributed by atoms with Gasteiger partial charge >= 0.3 is 0 Å². The predicted octanol–water partition coefficient (Wildman–Crippen LogP) is 5.44. The maximum absolute atomic E-state index is 12.5. The van der Waals surface area contributed by atoms with Crippen LogP contribution in [0, 0.1) is 0 Å². The van der Waals surface area contributed by atoms with Crippen LogP contribution in [0.1, 0.15) is 57.6 Å². The van der Waals surface area contributed by atoms with E-state index in [1.165, 1.54) is 35.7 Å². The minimum atomic E-state index is 0.0761. The molecule has 0 radical (unpaired) electrons. The Morgan fingerprint density at radius 1 is 1.03 bits per heavy atom. The number of nitrogens with one attached hydrogen (secondary N) is 1. The van der Waals surface area contributed by atoms with Crippen LogP contribution in [0.25, 0.3) is 11.4 Å². The zero-order valence-corrected chi connectivity index (χ0v) is 20.0. The molecule has 1 saturated carbocycles. The summed E-state index contributed by atoms with van der Waals surface area (Å²) in [6, 6.07) is 19.2. The third kappa shape index (κ3) is 5.60. The van der Waals surface area contributed by atoms with E-state index in [2.05, 4.69) is 77.3 Å². The predicted molar refractivity (Wildman–Crippen MR) is 131 cm³/mol. The van der Waals surface area contributed by atoms with Gasteiger partial charge in [-0.15, -0.1) is 10.2 Å². The number of carbonyl (C=O) groups excluding carboxylic acids is 1. The second-order valence-corrected chi connectivity index (χ2v) is 10.5. The first-order valence-corrected chi connectivity index (χ1v) is 12.4. The number of hydrogen-bond acceptors (Lipinski definition) is 4. The highest BCUT2D eigenvalue weighted by Gasteiger charge is 2.20. The number of amides is 1. The van der Waals surface area contributed by atoms with Gasteiger partial charge in [-0.2, -0.15) is 0 Å². The van der Waals surface area contributed by atoms with E-state index in [4.69, 9.17) is 0 Å². The molecule has 6 heteroatoms. The van der Waals surface area contributed by atoms with Gasteiger partial charge in [0.05, 0.1) is 12.3 Å². The Hall–Kier alpha value is -2.60. The number of aromatic nitrogens is 3. The molecule has 3 aromatic rings. The third-order valence-corrected chi connectivity index (χ3v) is 6.93. The number of benzene rings is 2. The molecule has 0 aliphatic heterocycles. The molecule has 1 fully saturated rings. The van der Waals surface area contributed by atoms with Crippen LogP contribution in [-0.4, -0.2) is 32.5 Å². The lowest BCUT2D eigenvalue weighted by Crippen LogP contribution is -2.33. The molecule has 168 valence electrons. The Kier molecular flexibility index (Phi) is 6.99. The van der Waals surface area contributed by atoms with E-state index in [9.17, 15) is 4.79 Å². The minimum Gasteiger partial charge on any atom is -0.353 e. The second kappa shape index (κ2) is 9.90. The number of nitrogens with zero attached hydrogens (tertiary/aromatic N) is 3. The minimum absolute atomic E-state index is 0.0761. The number of hydrogen-bond donors (Lipinski definition) is 1. The van der Waals surface area contributed by atoms with E-state index in [-0.39, 0.29) is 11.3 Å². The molecule has 1 amide bonds. The molecular formula is C26H32N4OS. The van der Waals surface area contributed by atoms with Gasteiger partial charge in [-0.25, -0.2) is 0 Å². The third-order valence-electron chi connectivity index (χ3n) is 5.96. The summed E-state index contributed by atoms with van der Waals surface area (Å²) in [6.07, 6.45) is 4.60. The lowest BCUT2D eigenvalue weighted by atomic mass is 9.87. The van der Waals surface area contributed by atoms with Gasteiger partial charge in [0.15, 0.2) is 11.0 Å². The van der Waals surface area contributed by atoms with E-state index in [1.807, 2.05) is 18.2 Å². The molecule has 1 aromatic heterocycles. The Labute approximate surface area is 195 Å². The fourth-order valence-electron chi connectivity index (χ4n) is 4.11. The molecule has 1 aliphatic carbocycles. The molecule has 1 N–H and O–H groups in total. The molecule has 32 heavy (non-hydrogen) atoms. The average Bonchev–Trinajstić information content (AvgIpc) is 3.42. The summed E-state index contributed by atoms with van der Waals surface area (Å²) in [6.45, 7) is 7.30. The molecule has 2 aromatic carbocycles. The Balaban J connectivity index is 1.56. The highest BCUT2D eigenvalue weighted by atomic mass is 32.2. The summed E-state index contributed by atoms with van der Waals surface area (Å²) in [7, 11) is 0. The summed E-state index contributed by atoms with van der Waals surface area (Å²) in [4.78, 5) is 12.5. The Morgan fingerprint density at radius 3 is 2.38 bits per heavy atom. The summed E-state index contributed by atoms with van der Waals surface area (Å²) in [5.41, 5.74) is 3.60. The number of thioether (sulfide) groups is 1. The van der Waals surface area contributed by atoms with Gasteiger partial charge in [0, 0.05) is 11.6 Å². The van der Waals surface area contributed by atoms with Crippen LogP contribution < -0.4 is 5.32 Å². The second-order valence-electron chi connectivity index (χ2n) is 9.54. The van der Waals surface area contributed by atoms with Crippen molar-refractivity contribution in [2.45, 2.75) is 69.6 Å².